The largest absolute Gasteiger partial charge is 0.468 e. The number of hydrogen-bond donors (Lipinski definition) is 2. The molecule has 19 heavy (non-hydrogen) atoms. The van der Waals surface area contributed by atoms with Crippen LogP contribution in [0.2, 0.25) is 0 Å². The van der Waals surface area contributed by atoms with Crippen LogP contribution in [-0.4, -0.2) is 18.2 Å². The molecule has 0 aliphatic rings. The molecule has 2 heterocycles. The molecule has 0 aliphatic carbocycles. The second-order valence-corrected chi connectivity index (χ2v) is 5.78. The van der Waals surface area contributed by atoms with Crippen LogP contribution in [0.1, 0.15) is 19.1 Å². The van der Waals surface area contributed by atoms with Gasteiger partial charge in [-0.15, -0.1) is 0 Å². The van der Waals surface area contributed by atoms with E-state index in [2.05, 4.69) is 9.82 Å². The van der Waals surface area contributed by atoms with E-state index in [9.17, 15) is 8.42 Å². The Morgan fingerprint density at radius 3 is 2.95 bits per heavy atom. The molecular weight excluding hydrogens is 268 g/mol. The number of furan rings is 1. The first-order valence-corrected chi connectivity index (χ1v) is 7.36. The Bertz CT molecular complexity index is 631. The highest BCUT2D eigenvalue weighted by atomic mass is 32.2. The predicted molar refractivity (Wildman–Crippen MR) is 69.7 cm³/mol. The third-order valence-corrected chi connectivity index (χ3v) is 3.93. The number of aromatic nitrogens is 2. The van der Waals surface area contributed by atoms with E-state index in [-0.39, 0.29) is 17.3 Å². The summed E-state index contributed by atoms with van der Waals surface area (Å²) in [7, 11) is -3.68. The molecule has 0 saturated carbocycles. The fourth-order valence-electron chi connectivity index (χ4n) is 1.63. The van der Waals surface area contributed by atoms with Crippen LogP contribution in [0.5, 0.6) is 0 Å². The number of hydrogen-bond acceptors (Lipinski definition) is 5. The van der Waals surface area contributed by atoms with E-state index >= 15 is 0 Å². The molecular formula is C11H16N4O3S. The number of rotatable bonds is 6. The summed E-state index contributed by atoms with van der Waals surface area (Å²) in [4.78, 5) is -0.00694. The van der Waals surface area contributed by atoms with Crippen LogP contribution in [0.15, 0.2) is 33.9 Å². The summed E-state index contributed by atoms with van der Waals surface area (Å²) < 4.78 is 33.2. The van der Waals surface area contributed by atoms with Crippen molar-refractivity contribution in [1.29, 1.82) is 0 Å². The lowest BCUT2D eigenvalue weighted by Gasteiger charge is -2.03. The van der Waals surface area contributed by atoms with Gasteiger partial charge in [0, 0.05) is 12.7 Å². The van der Waals surface area contributed by atoms with Gasteiger partial charge in [-0.25, -0.2) is 13.1 Å². The molecule has 0 radical (unpaired) electrons. The summed E-state index contributed by atoms with van der Waals surface area (Å²) in [6.45, 7) is 2.67. The maximum Gasteiger partial charge on any atom is 0.246 e. The average molecular weight is 284 g/mol. The molecule has 0 spiro atoms. The Kier molecular flexibility index (Phi) is 3.91. The highest BCUT2D eigenvalue weighted by Crippen LogP contribution is 2.16. The summed E-state index contributed by atoms with van der Waals surface area (Å²) in [5.74, 6) is 0.531. The minimum absolute atomic E-state index is 0.000366. The number of anilines is 1. The minimum Gasteiger partial charge on any atom is -0.468 e. The number of nitrogens with one attached hydrogen (secondary N) is 1. The molecule has 7 nitrogen and oxygen atoms in total. The monoisotopic (exact) mass is 284 g/mol. The van der Waals surface area contributed by atoms with E-state index < -0.39 is 10.0 Å². The lowest BCUT2D eigenvalue weighted by molar-refractivity contribution is 0.498. The Morgan fingerprint density at radius 2 is 2.32 bits per heavy atom. The van der Waals surface area contributed by atoms with E-state index in [4.69, 9.17) is 10.2 Å². The first-order chi connectivity index (χ1) is 9.03. The normalized spacial score (nSPS) is 11.8. The van der Waals surface area contributed by atoms with Gasteiger partial charge in [0.05, 0.1) is 12.8 Å². The van der Waals surface area contributed by atoms with Gasteiger partial charge in [-0.05, 0) is 18.6 Å². The first-order valence-electron chi connectivity index (χ1n) is 5.88. The van der Waals surface area contributed by atoms with Crippen LogP contribution >= 0.6 is 0 Å². The van der Waals surface area contributed by atoms with Gasteiger partial charge in [0.2, 0.25) is 10.0 Å². The number of aryl methyl sites for hydroxylation is 1. The van der Waals surface area contributed by atoms with Crippen molar-refractivity contribution in [2.45, 2.75) is 31.3 Å². The molecule has 0 saturated heterocycles. The molecule has 104 valence electrons. The number of nitrogen functional groups attached to an aromatic ring is 1. The molecule has 2 aromatic heterocycles. The standard InChI is InChI=1S/C11H16N4O3S/c1-2-5-15-8-10(11(12)14-15)19(16,17)13-7-9-4-3-6-18-9/h3-4,6,8,13H,2,5,7H2,1H3,(H2,12,14). The molecule has 0 amide bonds. The second-order valence-electron chi connectivity index (χ2n) is 4.05. The van der Waals surface area contributed by atoms with E-state index in [1.165, 1.54) is 17.1 Å². The topological polar surface area (TPSA) is 103 Å². The molecule has 0 bridgehead atoms. The zero-order valence-electron chi connectivity index (χ0n) is 10.5. The van der Waals surface area contributed by atoms with E-state index in [1.807, 2.05) is 6.92 Å². The van der Waals surface area contributed by atoms with Crippen molar-refractivity contribution in [2.75, 3.05) is 5.73 Å². The van der Waals surface area contributed by atoms with Crippen molar-refractivity contribution in [3.05, 3.63) is 30.4 Å². The second kappa shape index (κ2) is 5.45. The first kappa shape index (κ1) is 13.6. The van der Waals surface area contributed by atoms with Crippen LogP contribution in [0.4, 0.5) is 5.82 Å². The molecule has 0 aromatic carbocycles. The summed E-state index contributed by atoms with van der Waals surface area (Å²) in [6, 6.07) is 3.38. The van der Waals surface area contributed by atoms with Gasteiger partial charge in [-0.2, -0.15) is 5.10 Å². The van der Waals surface area contributed by atoms with Crippen LogP contribution in [0.25, 0.3) is 0 Å². The molecule has 2 aromatic rings. The van der Waals surface area contributed by atoms with Gasteiger partial charge in [0.25, 0.3) is 0 Å². The fraction of sp³-hybridized carbons (Fsp3) is 0.364. The van der Waals surface area contributed by atoms with Crippen LogP contribution in [-0.2, 0) is 23.1 Å². The van der Waals surface area contributed by atoms with Crippen molar-refractivity contribution in [3.8, 4) is 0 Å². The lowest BCUT2D eigenvalue weighted by Crippen LogP contribution is -2.23. The quantitative estimate of drug-likeness (QED) is 0.822. The highest BCUT2D eigenvalue weighted by molar-refractivity contribution is 7.89. The molecule has 0 atom stereocenters. The van der Waals surface area contributed by atoms with Gasteiger partial charge in [0.15, 0.2) is 5.82 Å². The predicted octanol–water partition coefficient (Wildman–Crippen LogP) is 0.947. The van der Waals surface area contributed by atoms with Crippen molar-refractivity contribution in [2.24, 2.45) is 0 Å². The molecule has 0 unspecified atom stereocenters. The molecule has 8 heteroatoms. The van der Waals surface area contributed by atoms with Gasteiger partial charge >= 0.3 is 0 Å². The smallest absolute Gasteiger partial charge is 0.246 e. The van der Waals surface area contributed by atoms with Crippen LogP contribution in [0, 0.1) is 0 Å². The molecule has 2 rings (SSSR count). The third-order valence-electron chi connectivity index (χ3n) is 2.51. The lowest BCUT2D eigenvalue weighted by atomic mass is 10.5. The third kappa shape index (κ3) is 3.15. The Balaban J connectivity index is 2.14. The Labute approximate surface area is 111 Å². The van der Waals surface area contributed by atoms with E-state index in [0.29, 0.717) is 12.3 Å². The van der Waals surface area contributed by atoms with Gasteiger partial charge in [-0.1, -0.05) is 6.92 Å². The average Bonchev–Trinajstić information content (AvgIpc) is 2.97. The molecule has 3 N–H and O–H groups in total. The van der Waals surface area contributed by atoms with E-state index in [1.54, 1.807) is 12.1 Å². The van der Waals surface area contributed by atoms with Crippen molar-refractivity contribution in [3.63, 3.8) is 0 Å². The Morgan fingerprint density at radius 1 is 1.53 bits per heavy atom. The van der Waals surface area contributed by atoms with Gasteiger partial charge in [-0.3, -0.25) is 4.68 Å². The molecule has 0 aliphatic heterocycles. The van der Waals surface area contributed by atoms with Crippen molar-refractivity contribution >= 4 is 15.8 Å². The van der Waals surface area contributed by atoms with Crippen LogP contribution < -0.4 is 10.5 Å². The number of sulfonamides is 1. The van der Waals surface area contributed by atoms with E-state index in [0.717, 1.165) is 6.42 Å². The maximum absolute atomic E-state index is 12.1. The van der Waals surface area contributed by atoms with Crippen molar-refractivity contribution in [1.82, 2.24) is 14.5 Å². The highest BCUT2D eigenvalue weighted by Gasteiger charge is 2.21. The van der Waals surface area contributed by atoms with Crippen molar-refractivity contribution < 1.29 is 12.8 Å². The minimum atomic E-state index is -3.68. The van der Waals surface area contributed by atoms with Crippen LogP contribution in [0.3, 0.4) is 0 Å². The summed E-state index contributed by atoms with van der Waals surface area (Å²) in [5.41, 5.74) is 5.63. The zero-order valence-corrected chi connectivity index (χ0v) is 11.4. The Hall–Kier alpha value is -1.80. The van der Waals surface area contributed by atoms with Gasteiger partial charge in [0.1, 0.15) is 10.7 Å². The fourth-order valence-corrected chi connectivity index (χ4v) is 2.69. The summed E-state index contributed by atoms with van der Waals surface area (Å²) in [6.07, 6.45) is 3.76. The molecule has 0 fully saturated rings. The zero-order chi connectivity index (χ0) is 13.9. The summed E-state index contributed by atoms with van der Waals surface area (Å²) >= 11 is 0. The van der Waals surface area contributed by atoms with Gasteiger partial charge < -0.3 is 10.2 Å². The maximum atomic E-state index is 12.1. The summed E-state index contributed by atoms with van der Waals surface area (Å²) in [5, 5.41) is 3.96. The SMILES string of the molecule is CCCn1cc(S(=O)(=O)NCc2ccco2)c(N)n1. The number of nitrogens with zero attached hydrogens (tertiary/aromatic N) is 2. The number of nitrogens with two attached hydrogens (primary N) is 1.